The zero-order chi connectivity index (χ0) is 14.7. The van der Waals surface area contributed by atoms with Gasteiger partial charge in [0.15, 0.2) is 0 Å². The van der Waals surface area contributed by atoms with Crippen molar-refractivity contribution in [1.82, 2.24) is 0 Å². The van der Waals surface area contributed by atoms with E-state index in [-0.39, 0.29) is 18.1 Å². The average molecular weight is 340 g/mol. The summed E-state index contributed by atoms with van der Waals surface area (Å²) in [6.45, 7) is 1.83. The van der Waals surface area contributed by atoms with Gasteiger partial charge < -0.3 is 4.74 Å². The summed E-state index contributed by atoms with van der Waals surface area (Å²) in [5.41, 5.74) is 1.15. The van der Waals surface area contributed by atoms with Crippen LogP contribution in [-0.4, -0.2) is 4.92 Å². The third-order valence-corrected chi connectivity index (χ3v) is 3.41. The third kappa shape index (κ3) is 3.33. The number of hydrogen-bond acceptors (Lipinski definition) is 3. The van der Waals surface area contributed by atoms with Gasteiger partial charge in [-0.1, -0.05) is 6.07 Å². The topological polar surface area (TPSA) is 52.4 Å². The Morgan fingerprint density at radius 1 is 1.30 bits per heavy atom. The Bertz CT molecular complexity index is 661. The first kappa shape index (κ1) is 14.5. The number of rotatable bonds is 4. The number of benzene rings is 2. The third-order valence-electron chi connectivity index (χ3n) is 2.74. The van der Waals surface area contributed by atoms with E-state index in [0.29, 0.717) is 21.3 Å². The maximum Gasteiger partial charge on any atom is 0.283 e. The summed E-state index contributed by atoms with van der Waals surface area (Å²) < 4.78 is 19.0. The fourth-order valence-electron chi connectivity index (χ4n) is 1.66. The van der Waals surface area contributed by atoms with Crippen LogP contribution in [0.4, 0.5) is 10.1 Å². The van der Waals surface area contributed by atoms with Gasteiger partial charge in [0.25, 0.3) is 5.69 Å². The number of nitro groups is 1. The van der Waals surface area contributed by atoms with Crippen LogP contribution in [0.1, 0.15) is 11.1 Å². The molecular weight excluding hydrogens is 329 g/mol. The molecule has 0 aliphatic carbocycles. The summed E-state index contributed by atoms with van der Waals surface area (Å²) in [6.07, 6.45) is 0. The Morgan fingerprint density at radius 3 is 2.70 bits per heavy atom. The molecule has 0 amide bonds. The highest BCUT2D eigenvalue weighted by molar-refractivity contribution is 9.10. The van der Waals surface area contributed by atoms with Gasteiger partial charge in [0.2, 0.25) is 0 Å². The van der Waals surface area contributed by atoms with Crippen LogP contribution in [-0.2, 0) is 6.61 Å². The van der Waals surface area contributed by atoms with Gasteiger partial charge in [-0.3, -0.25) is 10.1 Å². The van der Waals surface area contributed by atoms with Gasteiger partial charge in [0.1, 0.15) is 18.2 Å². The fourth-order valence-corrected chi connectivity index (χ4v) is 2.05. The van der Waals surface area contributed by atoms with Gasteiger partial charge >= 0.3 is 0 Å². The van der Waals surface area contributed by atoms with E-state index in [9.17, 15) is 14.5 Å². The predicted molar refractivity (Wildman–Crippen MR) is 76.3 cm³/mol. The van der Waals surface area contributed by atoms with Crippen molar-refractivity contribution in [3.63, 3.8) is 0 Å². The van der Waals surface area contributed by atoms with E-state index >= 15 is 0 Å². The predicted octanol–water partition coefficient (Wildman–Crippen LogP) is 4.38. The van der Waals surface area contributed by atoms with Crippen LogP contribution in [0.3, 0.4) is 0 Å². The molecule has 2 aromatic carbocycles. The zero-order valence-corrected chi connectivity index (χ0v) is 12.2. The molecule has 0 atom stereocenters. The second-order valence-electron chi connectivity index (χ2n) is 4.24. The minimum Gasteiger partial charge on any atom is -0.489 e. The van der Waals surface area contributed by atoms with Crippen molar-refractivity contribution in [1.29, 1.82) is 0 Å². The molecule has 0 radical (unpaired) electrons. The minimum atomic E-state index is -0.463. The quantitative estimate of drug-likeness (QED) is 0.613. The van der Waals surface area contributed by atoms with Gasteiger partial charge in [0, 0.05) is 6.07 Å². The minimum absolute atomic E-state index is 0.0126. The van der Waals surface area contributed by atoms with E-state index in [1.54, 1.807) is 25.1 Å². The summed E-state index contributed by atoms with van der Waals surface area (Å²) in [5, 5.41) is 10.8. The number of ether oxygens (including phenoxy) is 1. The highest BCUT2D eigenvalue weighted by Gasteiger charge is 2.12. The van der Waals surface area contributed by atoms with E-state index in [1.165, 1.54) is 18.2 Å². The molecule has 0 N–H and O–H groups in total. The van der Waals surface area contributed by atoms with Crippen LogP contribution >= 0.6 is 15.9 Å². The molecule has 0 bridgehead atoms. The molecule has 6 heteroatoms. The molecule has 2 rings (SSSR count). The Hall–Kier alpha value is -1.95. The summed E-state index contributed by atoms with van der Waals surface area (Å²) in [5.74, 6) is 0.228. The Labute approximate surface area is 123 Å². The van der Waals surface area contributed by atoms with Crippen molar-refractivity contribution in [2.45, 2.75) is 13.5 Å². The zero-order valence-electron chi connectivity index (χ0n) is 10.6. The van der Waals surface area contributed by atoms with Crippen molar-refractivity contribution < 1.29 is 14.1 Å². The van der Waals surface area contributed by atoms with Gasteiger partial charge in [-0.15, -0.1) is 0 Å². The molecule has 104 valence electrons. The van der Waals surface area contributed by atoms with E-state index in [0.717, 1.165) is 0 Å². The number of nitro benzene ring substituents is 1. The van der Waals surface area contributed by atoms with Crippen LogP contribution in [0, 0.1) is 22.9 Å². The van der Waals surface area contributed by atoms with Gasteiger partial charge in [-0.25, -0.2) is 4.39 Å². The van der Waals surface area contributed by atoms with E-state index < -0.39 is 4.92 Å². The summed E-state index contributed by atoms with van der Waals surface area (Å²) >= 11 is 3.12. The van der Waals surface area contributed by atoms with Crippen molar-refractivity contribution in [2.24, 2.45) is 0 Å². The highest BCUT2D eigenvalue weighted by Crippen LogP contribution is 2.26. The monoisotopic (exact) mass is 339 g/mol. The molecule has 0 aliphatic heterocycles. The standard InChI is InChI=1S/C14H11BrFNO3/c1-9-6-11(3-5-13(9)16)20-8-10-2-4-12(15)14(7-10)17(18)19/h2-7H,8H2,1H3. The molecule has 0 saturated carbocycles. The second-order valence-corrected chi connectivity index (χ2v) is 5.10. The lowest BCUT2D eigenvalue weighted by atomic mass is 10.2. The molecule has 0 aliphatic rings. The second kappa shape index (κ2) is 6.00. The largest absolute Gasteiger partial charge is 0.489 e. The number of hydrogen-bond donors (Lipinski definition) is 0. The van der Waals surface area contributed by atoms with Crippen LogP contribution in [0.25, 0.3) is 0 Å². The lowest BCUT2D eigenvalue weighted by molar-refractivity contribution is -0.385. The maximum absolute atomic E-state index is 13.1. The first-order chi connectivity index (χ1) is 9.47. The van der Waals surface area contributed by atoms with Gasteiger partial charge in [-0.05, 0) is 58.2 Å². The number of halogens is 2. The van der Waals surface area contributed by atoms with Crippen LogP contribution in [0.2, 0.25) is 0 Å². The molecule has 0 unspecified atom stereocenters. The summed E-state index contributed by atoms with van der Waals surface area (Å²) in [4.78, 5) is 10.4. The van der Waals surface area contributed by atoms with Crippen LogP contribution in [0.15, 0.2) is 40.9 Å². The molecule has 0 aromatic heterocycles. The molecule has 0 heterocycles. The van der Waals surface area contributed by atoms with E-state index in [1.807, 2.05) is 0 Å². The normalized spacial score (nSPS) is 10.3. The molecule has 0 fully saturated rings. The van der Waals surface area contributed by atoms with Crippen molar-refractivity contribution >= 4 is 21.6 Å². The fraction of sp³-hybridized carbons (Fsp3) is 0.143. The van der Waals surface area contributed by atoms with Gasteiger partial charge in [-0.2, -0.15) is 0 Å². The van der Waals surface area contributed by atoms with Crippen LogP contribution < -0.4 is 4.74 Å². The van der Waals surface area contributed by atoms with Gasteiger partial charge in [0.05, 0.1) is 9.40 Å². The SMILES string of the molecule is Cc1cc(OCc2ccc(Br)c([N+](=O)[O-])c2)ccc1F. The van der Waals surface area contributed by atoms with Crippen molar-refractivity contribution in [2.75, 3.05) is 0 Å². The highest BCUT2D eigenvalue weighted by atomic mass is 79.9. The summed E-state index contributed by atoms with van der Waals surface area (Å²) in [6, 6.07) is 9.22. The van der Waals surface area contributed by atoms with Crippen molar-refractivity contribution in [3.8, 4) is 5.75 Å². The van der Waals surface area contributed by atoms with E-state index in [4.69, 9.17) is 4.74 Å². The number of aryl methyl sites for hydroxylation is 1. The Morgan fingerprint density at radius 2 is 2.05 bits per heavy atom. The smallest absolute Gasteiger partial charge is 0.283 e. The molecule has 2 aromatic rings. The number of nitrogens with zero attached hydrogens (tertiary/aromatic N) is 1. The summed E-state index contributed by atoms with van der Waals surface area (Å²) in [7, 11) is 0. The Kier molecular flexibility index (Phi) is 4.34. The lowest BCUT2D eigenvalue weighted by Gasteiger charge is -2.08. The molecule has 0 saturated heterocycles. The first-order valence-corrected chi connectivity index (χ1v) is 6.58. The van der Waals surface area contributed by atoms with Crippen LogP contribution in [0.5, 0.6) is 5.75 Å². The molecule has 4 nitrogen and oxygen atoms in total. The molecular formula is C14H11BrFNO3. The molecule has 0 spiro atoms. The lowest BCUT2D eigenvalue weighted by Crippen LogP contribution is -1.98. The molecule has 20 heavy (non-hydrogen) atoms. The first-order valence-electron chi connectivity index (χ1n) is 5.79. The van der Waals surface area contributed by atoms with E-state index in [2.05, 4.69) is 15.9 Å². The average Bonchev–Trinajstić information content (AvgIpc) is 2.41. The maximum atomic E-state index is 13.1. The van der Waals surface area contributed by atoms with Crippen molar-refractivity contribution in [3.05, 3.63) is 67.9 Å². The Balaban J connectivity index is 2.12.